The number of nitro groups is 1. The van der Waals surface area contributed by atoms with Crippen LogP contribution in [0, 0.1) is 10.1 Å². The maximum Gasteiger partial charge on any atom is 0.306 e. The summed E-state index contributed by atoms with van der Waals surface area (Å²) < 4.78 is 0.805. The first-order valence-corrected chi connectivity index (χ1v) is 6.15. The van der Waals surface area contributed by atoms with Crippen molar-refractivity contribution in [1.82, 2.24) is 4.98 Å². The Morgan fingerprint density at radius 2 is 2.06 bits per heavy atom. The van der Waals surface area contributed by atoms with Gasteiger partial charge in [-0.25, -0.2) is 4.98 Å². The summed E-state index contributed by atoms with van der Waals surface area (Å²) in [5, 5.41) is 11.3. The third-order valence-electron chi connectivity index (χ3n) is 1.94. The van der Waals surface area contributed by atoms with Crippen LogP contribution >= 0.6 is 27.5 Å². The minimum absolute atomic E-state index is 0.117. The van der Waals surface area contributed by atoms with Crippen LogP contribution in [0.1, 0.15) is 13.8 Å². The van der Waals surface area contributed by atoms with Crippen LogP contribution in [0.2, 0.25) is 5.02 Å². The summed E-state index contributed by atoms with van der Waals surface area (Å²) in [6.45, 7) is 4.00. The van der Waals surface area contributed by atoms with E-state index in [4.69, 9.17) is 11.6 Å². The molecular formula is C11H10BrClN2O2. The quantitative estimate of drug-likeness (QED) is 0.571. The fourth-order valence-electron chi connectivity index (χ4n) is 1.25. The van der Waals surface area contributed by atoms with Crippen molar-refractivity contribution in [3.63, 3.8) is 0 Å². The summed E-state index contributed by atoms with van der Waals surface area (Å²) in [6, 6.07) is 5.25. The maximum absolute atomic E-state index is 10.6. The molecule has 0 fully saturated rings. The largest absolute Gasteiger partial charge is 0.306 e. The molecule has 2 aromatic rings. The Bertz CT molecular complexity index is 560. The molecule has 0 bridgehead atoms. The molecule has 4 nitrogen and oxygen atoms in total. The zero-order chi connectivity index (χ0) is 13.0. The molecule has 17 heavy (non-hydrogen) atoms. The van der Waals surface area contributed by atoms with Gasteiger partial charge in [-0.3, -0.25) is 10.1 Å². The molecule has 0 saturated carbocycles. The monoisotopic (exact) mass is 316 g/mol. The zero-order valence-electron chi connectivity index (χ0n) is 9.28. The fraction of sp³-hybridized carbons (Fsp3) is 0.182. The van der Waals surface area contributed by atoms with Crippen molar-refractivity contribution in [1.29, 1.82) is 0 Å². The highest BCUT2D eigenvalue weighted by atomic mass is 79.9. The normalized spacial score (nSPS) is 9.65. The summed E-state index contributed by atoms with van der Waals surface area (Å²) in [4.78, 5) is 14.0. The molecule has 1 aromatic heterocycles. The molecule has 2 rings (SSSR count). The first kappa shape index (κ1) is 13.9. The van der Waals surface area contributed by atoms with Gasteiger partial charge in [0.1, 0.15) is 11.2 Å². The predicted molar refractivity (Wildman–Crippen MR) is 72.5 cm³/mol. The lowest BCUT2D eigenvalue weighted by Gasteiger charge is -2.00. The zero-order valence-corrected chi connectivity index (χ0v) is 11.6. The number of benzene rings is 1. The third-order valence-corrected chi connectivity index (χ3v) is 2.83. The SMILES string of the molecule is CC.O=[N+]([O-])c1cnc2ccc(Br)cc2c1Cl. The van der Waals surface area contributed by atoms with Gasteiger partial charge >= 0.3 is 5.69 Å². The van der Waals surface area contributed by atoms with E-state index in [1.165, 1.54) is 6.20 Å². The minimum atomic E-state index is -0.546. The van der Waals surface area contributed by atoms with Crippen molar-refractivity contribution < 1.29 is 4.92 Å². The van der Waals surface area contributed by atoms with Crippen LogP contribution in [0.15, 0.2) is 28.9 Å². The molecule has 0 saturated heterocycles. The number of pyridine rings is 1. The second kappa shape index (κ2) is 5.93. The molecule has 6 heteroatoms. The van der Waals surface area contributed by atoms with Crippen molar-refractivity contribution in [2.75, 3.05) is 0 Å². The van der Waals surface area contributed by atoms with Crippen LogP contribution in [-0.4, -0.2) is 9.91 Å². The highest BCUT2D eigenvalue weighted by Crippen LogP contribution is 2.32. The van der Waals surface area contributed by atoms with E-state index < -0.39 is 4.92 Å². The molecule has 0 unspecified atom stereocenters. The molecule has 0 radical (unpaired) electrons. The van der Waals surface area contributed by atoms with Gasteiger partial charge in [-0.2, -0.15) is 0 Å². The summed E-state index contributed by atoms with van der Waals surface area (Å²) >= 11 is 9.18. The van der Waals surface area contributed by atoms with E-state index in [1.807, 2.05) is 13.8 Å². The van der Waals surface area contributed by atoms with Crippen molar-refractivity contribution in [3.8, 4) is 0 Å². The number of aromatic nitrogens is 1. The molecule has 0 aliphatic rings. The lowest BCUT2D eigenvalue weighted by atomic mass is 10.2. The van der Waals surface area contributed by atoms with E-state index in [0.717, 1.165) is 4.47 Å². The average molecular weight is 318 g/mol. The van der Waals surface area contributed by atoms with Crippen LogP contribution in [0.5, 0.6) is 0 Å². The first-order valence-electron chi connectivity index (χ1n) is 4.98. The number of hydrogen-bond acceptors (Lipinski definition) is 3. The van der Waals surface area contributed by atoms with E-state index in [0.29, 0.717) is 10.9 Å². The minimum Gasteiger partial charge on any atom is -0.258 e. The topological polar surface area (TPSA) is 56.0 Å². The van der Waals surface area contributed by atoms with Crippen molar-refractivity contribution in [2.24, 2.45) is 0 Å². The average Bonchev–Trinajstić information content (AvgIpc) is 2.32. The lowest BCUT2D eigenvalue weighted by Crippen LogP contribution is -1.91. The Morgan fingerprint density at radius 3 is 2.65 bits per heavy atom. The third kappa shape index (κ3) is 2.92. The molecule has 0 spiro atoms. The van der Waals surface area contributed by atoms with Crippen molar-refractivity contribution >= 4 is 44.1 Å². The number of fused-ring (bicyclic) bond motifs is 1. The predicted octanol–water partition coefficient (Wildman–Crippen LogP) is 4.59. The summed E-state index contributed by atoms with van der Waals surface area (Å²) in [6.07, 6.45) is 1.17. The van der Waals surface area contributed by atoms with E-state index in [-0.39, 0.29) is 10.7 Å². The van der Waals surface area contributed by atoms with Gasteiger partial charge < -0.3 is 0 Å². The van der Waals surface area contributed by atoms with Gasteiger partial charge in [-0.05, 0) is 18.2 Å². The standard InChI is InChI=1S/C9H4BrClN2O2.C2H6/c10-5-1-2-7-6(3-5)9(11)8(4-12-7)13(14)15;1-2/h1-4H;1-2H3. The summed E-state index contributed by atoms with van der Waals surface area (Å²) in [5.74, 6) is 0. The van der Waals surface area contributed by atoms with Crippen LogP contribution in [-0.2, 0) is 0 Å². The molecule has 0 aliphatic carbocycles. The Morgan fingerprint density at radius 1 is 1.41 bits per heavy atom. The van der Waals surface area contributed by atoms with E-state index in [9.17, 15) is 10.1 Å². The van der Waals surface area contributed by atoms with E-state index >= 15 is 0 Å². The van der Waals surface area contributed by atoms with Gasteiger partial charge in [-0.1, -0.05) is 41.4 Å². The molecule has 0 atom stereocenters. The Hall–Kier alpha value is -1.20. The molecule has 1 heterocycles. The van der Waals surface area contributed by atoms with Gasteiger partial charge in [0.05, 0.1) is 10.4 Å². The molecule has 1 aromatic carbocycles. The number of nitrogens with zero attached hydrogens (tertiary/aromatic N) is 2. The number of rotatable bonds is 1. The van der Waals surface area contributed by atoms with Crippen LogP contribution in [0.25, 0.3) is 10.9 Å². The molecule has 90 valence electrons. The highest BCUT2D eigenvalue weighted by Gasteiger charge is 2.15. The second-order valence-corrected chi connectivity index (χ2v) is 4.17. The van der Waals surface area contributed by atoms with Crippen molar-refractivity contribution in [3.05, 3.63) is 44.0 Å². The van der Waals surface area contributed by atoms with Gasteiger partial charge in [0.25, 0.3) is 0 Å². The molecule has 0 aliphatic heterocycles. The number of halogens is 2. The Labute approximate surface area is 112 Å². The summed E-state index contributed by atoms with van der Waals surface area (Å²) in [7, 11) is 0. The van der Waals surface area contributed by atoms with E-state index in [1.54, 1.807) is 18.2 Å². The van der Waals surface area contributed by atoms with Gasteiger partial charge in [0.15, 0.2) is 0 Å². The molecular weight excluding hydrogens is 307 g/mol. The van der Waals surface area contributed by atoms with Gasteiger partial charge in [-0.15, -0.1) is 0 Å². The first-order chi connectivity index (χ1) is 8.09. The maximum atomic E-state index is 10.6. The lowest BCUT2D eigenvalue weighted by molar-refractivity contribution is -0.384. The highest BCUT2D eigenvalue weighted by molar-refractivity contribution is 9.10. The second-order valence-electron chi connectivity index (χ2n) is 2.88. The molecule has 0 N–H and O–H groups in total. The van der Waals surface area contributed by atoms with E-state index in [2.05, 4.69) is 20.9 Å². The summed E-state index contributed by atoms with van der Waals surface area (Å²) in [5.41, 5.74) is 0.455. The smallest absolute Gasteiger partial charge is 0.258 e. The molecule has 0 amide bonds. The van der Waals surface area contributed by atoms with Crippen molar-refractivity contribution in [2.45, 2.75) is 13.8 Å². The Kier molecular flexibility index (Phi) is 4.84. The number of hydrogen-bond donors (Lipinski definition) is 0. The fourth-order valence-corrected chi connectivity index (χ4v) is 1.88. The van der Waals surface area contributed by atoms with Gasteiger partial charge in [0.2, 0.25) is 0 Å². The Balaban J connectivity index is 0.000000686. The van der Waals surface area contributed by atoms with Gasteiger partial charge in [0, 0.05) is 9.86 Å². The van der Waals surface area contributed by atoms with Crippen LogP contribution in [0.4, 0.5) is 5.69 Å². The van der Waals surface area contributed by atoms with Crippen LogP contribution in [0.3, 0.4) is 0 Å². The van der Waals surface area contributed by atoms with Crippen LogP contribution < -0.4 is 0 Å².